The number of nitrogens with one attached hydrogen (secondary N) is 1. The molecule has 1 saturated heterocycles. The van der Waals surface area contributed by atoms with E-state index in [2.05, 4.69) is 21.2 Å². The molecule has 0 saturated carbocycles. The number of phenolic OH excluding ortho intramolecular Hbond substituents is 1. The van der Waals surface area contributed by atoms with Gasteiger partial charge in [0.1, 0.15) is 5.75 Å². The van der Waals surface area contributed by atoms with Gasteiger partial charge >= 0.3 is 0 Å². The summed E-state index contributed by atoms with van der Waals surface area (Å²) in [5.74, 6) is -0.223. The molecule has 1 aliphatic heterocycles. The van der Waals surface area contributed by atoms with E-state index in [1.54, 1.807) is 6.07 Å². The average Bonchev–Trinajstić information content (AvgIpc) is 2.69. The van der Waals surface area contributed by atoms with Crippen molar-refractivity contribution >= 4 is 31.7 Å². The molecule has 1 aliphatic rings. The van der Waals surface area contributed by atoms with Crippen LogP contribution in [-0.2, 0) is 9.84 Å². The summed E-state index contributed by atoms with van der Waals surface area (Å²) < 4.78 is 23.3. The fourth-order valence-corrected chi connectivity index (χ4v) is 4.28. The van der Waals surface area contributed by atoms with E-state index in [9.17, 15) is 18.3 Å². The quantitative estimate of drug-likeness (QED) is 0.863. The standard InChI is InChI=1S/C12H14BrNO4S/c13-9-1-2-11(15)10(5-9)12(16)14-6-8-3-4-19(17,18)7-8/h1-2,5,8,15H,3-4,6-7H2,(H,14,16). The molecule has 0 aliphatic carbocycles. The summed E-state index contributed by atoms with van der Waals surface area (Å²) >= 11 is 3.23. The zero-order valence-electron chi connectivity index (χ0n) is 10.1. The van der Waals surface area contributed by atoms with Crippen LogP contribution in [0.4, 0.5) is 0 Å². The number of halogens is 1. The van der Waals surface area contributed by atoms with Crippen LogP contribution in [0.25, 0.3) is 0 Å². The van der Waals surface area contributed by atoms with E-state index in [0.717, 1.165) is 0 Å². The van der Waals surface area contributed by atoms with Gasteiger partial charge in [0, 0.05) is 11.0 Å². The molecule has 5 nitrogen and oxygen atoms in total. The van der Waals surface area contributed by atoms with Crippen LogP contribution in [0.15, 0.2) is 22.7 Å². The van der Waals surface area contributed by atoms with E-state index in [1.807, 2.05) is 0 Å². The third-order valence-corrected chi connectivity index (χ3v) is 5.41. The highest BCUT2D eigenvalue weighted by molar-refractivity contribution is 9.10. The Hall–Kier alpha value is -1.08. The van der Waals surface area contributed by atoms with Crippen molar-refractivity contribution in [1.29, 1.82) is 0 Å². The number of aromatic hydroxyl groups is 1. The van der Waals surface area contributed by atoms with Crippen molar-refractivity contribution in [2.45, 2.75) is 6.42 Å². The number of amides is 1. The molecule has 1 atom stereocenters. The van der Waals surface area contributed by atoms with Gasteiger partial charge in [0.25, 0.3) is 5.91 Å². The summed E-state index contributed by atoms with van der Waals surface area (Å²) in [6.07, 6.45) is 0.576. The van der Waals surface area contributed by atoms with E-state index in [4.69, 9.17) is 0 Å². The Balaban J connectivity index is 1.97. The van der Waals surface area contributed by atoms with Crippen molar-refractivity contribution in [3.05, 3.63) is 28.2 Å². The van der Waals surface area contributed by atoms with Gasteiger partial charge in [0.2, 0.25) is 0 Å². The Morgan fingerprint density at radius 3 is 2.84 bits per heavy atom. The number of hydrogen-bond donors (Lipinski definition) is 2. The van der Waals surface area contributed by atoms with Gasteiger partial charge in [-0.1, -0.05) is 15.9 Å². The van der Waals surface area contributed by atoms with E-state index < -0.39 is 15.7 Å². The predicted octanol–water partition coefficient (Wildman–Crippen LogP) is 1.32. The molecule has 0 bridgehead atoms. The third-order valence-electron chi connectivity index (χ3n) is 3.08. The van der Waals surface area contributed by atoms with Crippen molar-refractivity contribution in [2.75, 3.05) is 18.1 Å². The minimum Gasteiger partial charge on any atom is -0.507 e. The van der Waals surface area contributed by atoms with Crippen LogP contribution in [0.2, 0.25) is 0 Å². The zero-order valence-corrected chi connectivity index (χ0v) is 12.5. The molecule has 2 N–H and O–H groups in total. The van der Waals surface area contributed by atoms with Gasteiger partial charge in [-0.15, -0.1) is 0 Å². The van der Waals surface area contributed by atoms with Crippen molar-refractivity contribution in [3.63, 3.8) is 0 Å². The van der Waals surface area contributed by atoms with Crippen LogP contribution in [0.1, 0.15) is 16.8 Å². The Labute approximate surface area is 120 Å². The SMILES string of the molecule is O=C(NCC1CCS(=O)(=O)C1)c1cc(Br)ccc1O. The smallest absolute Gasteiger partial charge is 0.255 e. The number of carbonyl (C=O) groups excluding carboxylic acids is 1. The van der Waals surface area contributed by atoms with Crippen molar-refractivity contribution in [1.82, 2.24) is 5.32 Å². The number of sulfone groups is 1. The fourth-order valence-electron chi connectivity index (χ4n) is 2.06. The van der Waals surface area contributed by atoms with Gasteiger partial charge in [0.15, 0.2) is 9.84 Å². The van der Waals surface area contributed by atoms with Crippen molar-refractivity contribution in [3.8, 4) is 5.75 Å². The maximum atomic E-state index is 11.9. The molecule has 1 heterocycles. The molecule has 0 radical (unpaired) electrons. The average molecular weight is 348 g/mol. The van der Waals surface area contributed by atoms with Gasteiger partial charge in [-0.25, -0.2) is 8.42 Å². The number of phenols is 1. The van der Waals surface area contributed by atoms with Crippen LogP contribution in [0.3, 0.4) is 0 Å². The van der Waals surface area contributed by atoms with Crippen molar-refractivity contribution in [2.24, 2.45) is 5.92 Å². The topological polar surface area (TPSA) is 83.5 Å². The van der Waals surface area contributed by atoms with Crippen LogP contribution >= 0.6 is 15.9 Å². The lowest BCUT2D eigenvalue weighted by Gasteiger charge is -2.10. The lowest BCUT2D eigenvalue weighted by molar-refractivity contribution is 0.0945. The first kappa shape index (κ1) is 14.3. The van der Waals surface area contributed by atoms with E-state index in [-0.39, 0.29) is 28.7 Å². The molecule has 7 heteroatoms. The largest absolute Gasteiger partial charge is 0.507 e. The molecule has 2 rings (SSSR count). The van der Waals surface area contributed by atoms with E-state index in [1.165, 1.54) is 12.1 Å². The maximum absolute atomic E-state index is 11.9. The van der Waals surface area contributed by atoms with Gasteiger partial charge in [-0.2, -0.15) is 0 Å². The second-order valence-electron chi connectivity index (χ2n) is 4.64. The summed E-state index contributed by atoms with van der Waals surface area (Å²) in [5, 5.41) is 12.3. The maximum Gasteiger partial charge on any atom is 0.255 e. The molecule has 1 amide bonds. The first-order valence-electron chi connectivity index (χ1n) is 5.84. The highest BCUT2D eigenvalue weighted by Crippen LogP contribution is 2.22. The zero-order chi connectivity index (χ0) is 14.0. The molecule has 0 spiro atoms. The van der Waals surface area contributed by atoms with Crippen LogP contribution in [0, 0.1) is 5.92 Å². The predicted molar refractivity (Wildman–Crippen MR) is 74.9 cm³/mol. The molecule has 104 valence electrons. The molecule has 0 aromatic heterocycles. The van der Waals surface area contributed by atoms with Gasteiger partial charge < -0.3 is 10.4 Å². The fraction of sp³-hybridized carbons (Fsp3) is 0.417. The Morgan fingerprint density at radius 1 is 1.47 bits per heavy atom. The Kier molecular flexibility index (Phi) is 4.15. The molecular weight excluding hydrogens is 334 g/mol. The normalized spacial score (nSPS) is 21.2. The van der Waals surface area contributed by atoms with Crippen LogP contribution in [0.5, 0.6) is 5.75 Å². The van der Waals surface area contributed by atoms with Crippen LogP contribution < -0.4 is 5.32 Å². The summed E-state index contributed by atoms with van der Waals surface area (Å²) in [6, 6.07) is 4.59. The number of benzene rings is 1. The molecular formula is C12H14BrNO4S. The molecule has 19 heavy (non-hydrogen) atoms. The second-order valence-corrected chi connectivity index (χ2v) is 7.78. The molecule has 1 fully saturated rings. The van der Waals surface area contributed by atoms with E-state index >= 15 is 0 Å². The van der Waals surface area contributed by atoms with Crippen LogP contribution in [-0.4, -0.2) is 37.5 Å². The monoisotopic (exact) mass is 347 g/mol. The minimum atomic E-state index is -2.93. The molecule has 1 aromatic rings. The van der Waals surface area contributed by atoms with Gasteiger partial charge in [0.05, 0.1) is 17.1 Å². The van der Waals surface area contributed by atoms with Crippen molar-refractivity contribution < 1.29 is 18.3 Å². The van der Waals surface area contributed by atoms with Gasteiger partial charge in [-0.05, 0) is 30.5 Å². The molecule has 1 aromatic carbocycles. The number of hydrogen-bond acceptors (Lipinski definition) is 4. The first-order chi connectivity index (χ1) is 8.87. The molecule has 1 unspecified atom stereocenters. The second kappa shape index (κ2) is 5.50. The summed E-state index contributed by atoms with van der Waals surface area (Å²) in [6.45, 7) is 0.310. The lowest BCUT2D eigenvalue weighted by Crippen LogP contribution is -2.29. The first-order valence-corrected chi connectivity index (χ1v) is 8.46. The highest BCUT2D eigenvalue weighted by atomic mass is 79.9. The lowest BCUT2D eigenvalue weighted by atomic mass is 10.1. The summed E-state index contributed by atoms with van der Waals surface area (Å²) in [7, 11) is -2.93. The summed E-state index contributed by atoms with van der Waals surface area (Å²) in [4.78, 5) is 11.9. The highest BCUT2D eigenvalue weighted by Gasteiger charge is 2.28. The third kappa shape index (κ3) is 3.70. The van der Waals surface area contributed by atoms with E-state index in [0.29, 0.717) is 17.4 Å². The van der Waals surface area contributed by atoms with Gasteiger partial charge in [-0.3, -0.25) is 4.79 Å². The Morgan fingerprint density at radius 2 is 2.21 bits per heavy atom. The number of rotatable bonds is 3. The Bertz CT molecular complexity index is 600. The minimum absolute atomic E-state index is 0.0387. The summed E-state index contributed by atoms with van der Waals surface area (Å²) in [5.41, 5.74) is 0.176. The number of carbonyl (C=O) groups is 1.